The molecule has 0 heterocycles. The van der Waals surface area contributed by atoms with Gasteiger partial charge in [-0.15, -0.1) is 0 Å². The molecule has 1 saturated carbocycles. The molecular formula is C10H19N. The molecule has 0 aromatic carbocycles. The fourth-order valence-electron chi connectivity index (χ4n) is 2.24. The second kappa shape index (κ2) is 3.29. The third kappa shape index (κ3) is 1.42. The molecule has 0 bridgehead atoms. The van der Waals surface area contributed by atoms with Crippen LogP contribution in [0.25, 0.3) is 0 Å². The molecule has 11 heavy (non-hydrogen) atoms. The zero-order chi connectivity index (χ0) is 8.43. The van der Waals surface area contributed by atoms with Gasteiger partial charge in [0, 0.05) is 18.7 Å². The normalized spacial score (nSPS) is 35.0. The number of allylic oxidation sites excluding steroid dienone is 1. The van der Waals surface area contributed by atoms with Crippen LogP contribution in [0, 0.1) is 17.8 Å². The van der Waals surface area contributed by atoms with E-state index in [4.69, 9.17) is 0 Å². The van der Waals surface area contributed by atoms with Crippen LogP contribution in [-0.4, -0.2) is 7.05 Å². The highest BCUT2D eigenvalue weighted by molar-refractivity contribution is 5.13. The minimum Gasteiger partial charge on any atom is -0.392 e. The standard InChI is InChI=1S/C10H19N/c1-5-8-9(6-2)10(8)7(3)11-4/h8-11H,3,5-6H2,1-2,4H3. The Morgan fingerprint density at radius 2 is 1.73 bits per heavy atom. The topological polar surface area (TPSA) is 12.0 Å². The molecule has 1 nitrogen and oxygen atoms in total. The van der Waals surface area contributed by atoms with Crippen LogP contribution in [0.2, 0.25) is 0 Å². The minimum absolute atomic E-state index is 0.773. The van der Waals surface area contributed by atoms with Crippen LogP contribution < -0.4 is 5.32 Å². The lowest BCUT2D eigenvalue weighted by molar-refractivity contribution is 0.663. The number of hydrogen-bond acceptors (Lipinski definition) is 1. The molecule has 0 saturated heterocycles. The molecule has 1 fully saturated rings. The van der Waals surface area contributed by atoms with E-state index in [-0.39, 0.29) is 0 Å². The maximum Gasteiger partial charge on any atom is 0.00683 e. The Kier molecular flexibility index (Phi) is 2.58. The van der Waals surface area contributed by atoms with Gasteiger partial charge in [0.2, 0.25) is 0 Å². The second-order valence-corrected chi connectivity index (χ2v) is 3.45. The second-order valence-electron chi connectivity index (χ2n) is 3.45. The smallest absolute Gasteiger partial charge is 0.00683 e. The summed E-state index contributed by atoms with van der Waals surface area (Å²) < 4.78 is 0. The Labute approximate surface area is 69.9 Å². The number of hydrogen-bond donors (Lipinski definition) is 1. The van der Waals surface area contributed by atoms with Crippen LogP contribution in [0.1, 0.15) is 26.7 Å². The molecule has 0 aliphatic heterocycles. The van der Waals surface area contributed by atoms with Crippen LogP contribution in [0.5, 0.6) is 0 Å². The number of rotatable bonds is 4. The monoisotopic (exact) mass is 153 g/mol. The third-order valence-corrected chi connectivity index (χ3v) is 3.00. The molecule has 64 valence electrons. The van der Waals surface area contributed by atoms with E-state index in [1.54, 1.807) is 0 Å². The van der Waals surface area contributed by atoms with Gasteiger partial charge in [0.05, 0.1) is 0 Å². The highest BCUT2D eigenvalue weighted by Gasteiger charge is 2.48. The summed E-state index contributed by atoms with van der Waals surface area (Å²) in [6.45, 7) is 8.57. The van der Waals surface area contributed by atoms with Crippen molar-refractivity contribution in [3.63, 3.8) is 0 Å². The van der Waals surface area contributed by atoms with E-state index in [1.807, 2.05) is 7.05 Å². The summed E-state index contributed by atoms with van der Waals surface area (Å²) in [5, 5.41) is 3.16. The predicted molar refractivity (Wildman–Crippen MR) is 49.3 cm³/mol. The van der Waals surface area contributed by atoms with E-state index in [0.29, 0.717) is 0 Å². The largest absolute Gasteiger partial charge is 0.392 e. The molecule has 0 aromatic heterocycles. The van der Waals surface area contributed by atoms with Crippen molar-refractivity contribution in [2.45, 2.75) is 26.7 Å². The first kappa shape index (κ1) is 8.63. The number of nitrogens with one attached hydrogen (secondary N) is 1. The van der Waals surface area contributed by atoms with Crippen molar-refractivity contribution in [3.8, 4) is 0 Å². The van der Waals surface area contributed by atoms with Crippen LogP contribution in [0.3, 0.4) is 0 Å². The van der Waals surface area contributed by atoms with Crippen molar-refractivity contribution in [1.82, 2.24) is 5.32 Å². The first-order chi connectivity index (χ1) is 5.26. The van der Waals surface area contributed by atoms with Gasteiger partial charge in [-0.05, 0) is 11.8 Å². The lowest BCUT2D eigenvalue weighted by Crippen LogP contribution is -2.07. The van der Waals surface area contributed by atoms with Gasteiger partial charge in [-0.2, -0.15) is 0 Å². The van der Waals surface area contributed by atoms with Crippen molar-refractivity contribution in [1.29, 1.82) is 0 Å². The van der Waals surface area contributed by atoms with Gasteiger partial charge in [-0.1, -0.05) is 33.3 Å². The summed E-state index contributed by atoms with van der Waals surface area (Å²) in [7, 11) is 1.97. The van der Waals surface area contributed by atoms with Crippen molar-refractivity contribution in [2.75, 3.05) is 7.05 Å². The van der Waals surface area contributed by atoms with Gasteiger partial charge in [0.15, 0.2) is 0 Å². The van der Waals surface area contributed by atoms with Crippen LogP contribution in [0.15, 0.2) is 12.3 Å². The molecule has 0 aromatic rings. The first-order valence-electron chi connectivity index (χ1n) is 4.62. The van der Waals surface area contributed by atoms with Gasteiger partial charge in [-0.3, -0.25) is 0 Å². The first-order valence-corrected chi connectivity index (χ1v) is 4.62. The summed E-state index contributed by atoms with van der Waals surface area (Å²) in [4.78, 5) is 0. The van der Waals surface area contributed by atoms with E-state index in [9.17, 15) is 0 Å². The zero-order valence-corrected chi connectivity index (χ0v) is 7.85. The SMILES string of the molecule is C=C(NC)C1C(CC)C1CC. The summed E-state index contributed by atoms with van der Waals surface area (Å²) in [5.74, 6) is 2.61. The summed E-state index contributed by atoms with van der Waals surface area (Å²) in [6.07, 6.45) is 2.62. The Morgan fingerprint density at radius 3 is 2.00 bits per heavy atom. The molecule has 1 aliphatic rings. The van der Waals surface area contributed by atoms with Crippen molar-refractivity contribution < 1.29 is 0 Å². The van der Waals surface area contributed by atoms with Gasteiger partial charge in [0.1, 0.15) is 0 Å². The maximum absolute atomic E-state index is 4.02. The molecule has 0 spiro atoms. The van der Waals surface area contributed by atoms with Crippen LogP contribution in [-0.2, 0) is 0 Å². The molecular weight excluding hydrogens is 134 g/mol. The maximum atomic E-state index is 4.02. The fourth-order valence-corrected chi connectivity index (χ4v) is 2.24. The molecule has 1 aliphatic carbocycles. The van der Waals surface area contributed by atoms with Gasteiger partial charge < -0.3 is 5.32 Å². The zero-order valence-electron chi connectivity index (χ0n) is 7.85. The van der Waals surface area contributed by atoms with E-state index in [1.165, 1.54) is 18.5 Å². The van der Waals surface area contributed by atoms with Gasteiger partial charge >= 0.3 is 0 Å². The van der Waals surface area contributed by atoms with E-state index < -0.39 is 0 Å². The van der Waals surface area contributed by atoms with Crippen molar-refractivity contribution >= 4 is 0 Å². The van der Waals surface area contributed by atoms with Crippen molar-refractivity contribution in [3.05, 3.63) is 12.3 Å². The minimum atomic E-state index is 0.773. The lowest BCUT2D eigenvalue weighted by atomic mass is 10.2. The van der Waals surface area contributed by atoms with E-state index in [0.717, 1.165) is 17.8 Å². The molecule has 2 atom stereocenters. The summed E-state index contributed by atoms with van der Waals surface area (Å²) >= 11 is 0. The molecule has 0 radical (unpaired) electrons. The van der Waals surface area contributed by atoms with Crippen molar-refractivity contribution in [2.24, 2.45) is 17.8 Å². The Hall–Kier alpha value is -0.460. The van der Waals surface area contributed by atoms with Gasteiger partial charge in [-0.25, -0.2) is 0 Å². The lowest BCUT2D eigenvalue weighted by Gasteiger charge is -2.01. The van der Waals surface area contributed by atoms with Gasteiger partial charge in [0.25, 0.3) is 0 Å². The van der Waals surface area contributed by atoms with E-state index in [2.05, 4.69) is 25.7 Å². The molecule has 0 amide bonds. The van der Waals surface area contributed by atoms with Crippen LogP contribution >= 0.6 is 0 Å². The quantitative estimate of drug-likeness (QED) is 0.654. The Bertz CT molecular complexity index is 141. The highest BCUT2D eigenvalue weighted by Crippen LogP contribution is 2.53. The third-order valence-electron chi connectivity index (χ3n) is 3.00. The summed E-state index contributed by atoms with van der Waals surface area (Å²) in [5.41, 5.74) is 1.24. The van der Waals surface area contributed by atoms with E-state index >= 15 is 0 Å². The Balaban J connectivity index is 2.44. The van der Waals surface area contributed by atoms with Crippen LogP contribution in [0.4, 0.5) is 0 Å². The molecule has 2 unspecified atom stereocenters. The average molecular weight is 153 g/mol. The fraction of sp³-hybridized carbons (Fsp3) is 0.800. The average Bonchev–Trinajstić information content (AvgIpc) is 2.76. The highest BCUT2D eigenvalue weighted by atomic mass is 14.9. The Morgan fingerprint density at radius 1 is 1.27 bits per heavy atom. The molecule has 1 heteroatoms. The molecule has 1 rings (SSSR count). The summed E-state index contributed by atoms with van der Waals surface area (Å²) in [6, 6.07) is 0. The predicted octanol–water partition coefficient (Wildman–Crippen LogP) is 2.40. The molecule has 1 N–H and O–H groups in total.